The number of nitrogens with zero attached hydrogens (tertiary/aromatic N) is 6. The number of carbonyl (C=O) groups excluding carboxylic acids is 2. The fraction of sp³-hybridized carbons (Fsp3) is 0.160. The van der Waals surface area contributed by atoms with Crippen LogP contribution in [0.1, 0.15) is 23.1 Å². The van der Waals surface area contributed by atoms with Crippen LogP contribution in [0.4, 0.5) is 18.9 Å². The maximum atomic E-state index is 14.0. The van der Waals surface area contributed by atoms with E-state index < -0.39 is 40.4 Å². The number of hydrogen-bond acceptors (Lipinski definition) is 5. The van der Waals surface area contributed by atoms with E-state index in [2.05, 4.69) is 31.0 Å². The van der Waals surface area contributed by atoms with Gasteiger partial charge in [-0.1, -0.05) is 57.9 Å². The summed E-state index contributed by atoms with van der Waals surface area (Å²) < 4.78 is 43.2. The number of halogens is 5. The number of carbonyl (C=O) groups is 2. The third kappa shape index (κ3) is 4.48. The molecular weight excluding hydrogens is 589 g/mol. The van der Waals surface area contributed by atoms with Crippen molar-refractivity contribution in [1.29, 1.82) is 0 Å². The molecule has 0 spiro atoms. The molecule has 194 valence electrons. The monoisotopic (exact) mass is 604 g/mol. The Morgan fingerprint density at radius 2 is 1.76 bits per heavy atom. The first-order valence-electron chi connectivity index (χ1n) is 11.1. The fourth-order valence-electron chi connectivity index (χ4n) is 4.05. The van der Waals surface area contributed by atoms with E-state index in [4.69, 9.17) is 11.6 Å². The molecule has 1 saturated heterocycles. The first-order chi connectivity index (χ1) is 18.0. The molecule has 2 aromatic carbocycles. The number of aromatic nitrogens is 3. The minimum absolute atomic E-state index is 0.0100. The van der Waals surface area contributed by atoms with E-state index in [0.29, 0.717) is 15.8 Å². The number of alkyl halides is 3. The number of hydrogen-bond donors (Lipinski definition) is 0. The highest BCUT2D eigenvalue weighted by Gasteiger charge is 2.41. The topological polar surface area (TPSA) is 83.2 Å². The van der Waals surface area contributed by atoms with Crippen molar-refractivity contribution in [3.63, 3.8) is 0 Å². The minimum atomic E-state index is -4.83. The predicted octanol–water partition coefficient (Wildman–Crippen LogP) is 5.69. The van der Waals surface area contributed by atoms with Crippen LogP contribution >= 0.6 is 27.5 Å². The molecule has 13 heteroatoms. The van der Waals surface area contributed by atoms with E-state index in [1.807, 2.05) is 0 Å². The lowest BCUT2D eigenvalue weighted by molar-refractivity contribution is -0.142. The van der Waals surface area contributed by atoms with E-state index in [-0.39, 0.29) is 17.1 Å². The molecular formula is C25H17BrClF3N6O2. The molecule has 0 radical (unpaired) electrons. The molecule has 2 amide bonds. The van der Waals surface area contributed by atoms with E-state index in [1.54, 1.807) is 73.6 Å². The van der Waals surface area contributed by atoms with Crippen LogP contribution in [-0.2, 0) is 11.0 Å². The third-order valence-electron chi connectivity index (χ3n) is 6.07. The van der Waals surface area contributed by atoms with Gasteiger partial charge in [-0.25, -0.2) is 24.5 Å². The zero-order valence-corrected chi connectivity index (χ0v) is 22.1. The Labute approximate surface area is 227 Å². The van der Waals surface area contributed by atoms with Crippen molar-refractivity contribution < 1.29 is 22.8 Å². The summed E-state index contributed by atoms with van der Waals surface area (Å²) in [5, 5.41) is 6.37. The molecule has 4 aromatic rings. The van der Waals surface area contributed by atoms with Crippen molar-refractivity contribution in [3.8, 4) is 11.3 Å². The molecule has 2 aromatic heterocycles. The van der Waals surface area contributed by atoms with Gasteiger partial charge in [0.05, 0.1) is 17.4 Å². The highest BCUT2D eigenvalue weighted by atomic mass is 79.9. The summed E-state index contributed by atoms with van der Waals surface area (Å²) in [6, 6.07) is 15.5. The normalized spacial score (nSPS) is 17.7. The van der Waals surface area contributed by atoms with Crippen molar-refractivity contribution in [2.45, 2.75) is 19.1 Å². The van der Waals surface area contributed by atoms with Crippen molar-refractivity contribution in [1.82, 2.24) is 19.6 Å². The number of aliphatic imine (C=N–C) groups is 1. The second-order valence-electron chi connectivity index (χ2n) is 8.43. The number of para-hydroxylation sites is 1. The van der Waals surface area contributed by atoms with Crippen LogP contribution in [0.25, 0.3) is 16.9 Å². The fourth-order valence-corrected chi connectivity index (χ4v) is 4.56. The van der Waals surface area contributed by atoms with Crippen LogP contribution in [0.15, 0.2) is 70.1 Å². The van der Waals surface area contributed by atoms with Gasteiger partial charge in [0.15, 0.2) is 17.0 Å². The predicted molar refractivity (Wildman–Crippen MR) is 139 cm³/mol. The highest BCUT2D eigenvalue weighted by molar-refractivity contribution is 9.10. The third-order valence-corrected chi connectivity index (χ3v) is 6.95. The van der Waals surface area contributed by atoms with Crippen LogP contribution in [0.3, 0.4) is 0 Å². The van der Waals surface area contributed by atoms with Crippen molar-refractivity contribution >= 4 is 56.4 Å². The van der Waals surface area contributed by atoms with Crippen LogP contribution in [0, 0.1) is 0 Å². The number of hydrazine groups is 1. The van der Waals surface area contributed by atoms with Gasteiger partial charge in [0.1, 0.15) is 10.7 Å². The molecule has 0 aliphatic carbocycles. The lowest BCUT2D eigenvalue weighted by Gasteiger charge is -2.25. The summed E-state index contributed by atoms with van der Waals surface area (Å²) in [5.41, 5.74) is -1.23. The molecule has 5 rings (SSSR count). The second-order valence-corrected chi connectivity index (χ2v) is 9.73. The van der Waals surface area contributed by atoms with Crippen LogP contribution in [-0.4, -0.2) is 50.2 Å². The summed E-state index contributed by atoms with van der Waals surface area (Å²) in [5.74, 6) is -1.61. The van der Waals surface area contributed by atoms with Gasteiger partial charge in [-0.3, -0.25) is 9.59 Å². The Bertz CT molecular complexity index is 1610. The van der Waals surface area contributed by atoms with Gasteiger partial charge in [0, 0.05) is 17.1 Å². The number of fused-ring (bicyclic) bond motifs is 1. The van der Waals surface area contributed by atoms with Crippen LogP contribution in [0.2, 0.25) is 5.02 Å². The summed E-state index contributed by atoms with van der Waals surface area (Å²) >= 11 is 9.64. The smallest absolute Gasteiger partial charge is 0.266 e. The van der Waals surface area contributed by atoms with E-state index >= 15 is 0 Å². The molecule has 3 heterocycles. The number of benzene rings is 2. The van der Waals surface area contributed by atoms with Crippen LogP contribution < -0.4 is 5.01 Å². The number of rotatable bonds is 3. The molecule has 0 bridgehead atoms. The van der Waals surface area contributed by atoms with E-state index in [9.17, 15) is 22.8 Å². The Balaban J connectivity index is 1.59. The second kappa shape index (κ2) is 9.61. The molecule has 1 aliphatic heterocycles. The van der Waals surface area contributed by atoms with Gasteiger partial charge in [-0.15, -0.1) is 0 Å². The van der Waals surface area contributed by atoms with Crippen molar-refractivity contribution in [3.05, 3.63) is 81.5 Å². The molecule has 38 heavy (non-hydrogen) atoms. The quantitative estimate of drug-likeness (QED) is 0.300. The van der Waals surface area contributed by atoms with Gasteiger partial charge < -0.3 is 0 Å². The summed E-state index contributed by atoms with van der Waals surface area (Å²) in [7, 11) is 1.66. The molecule has 1 aliphatic rings. The molecule has 1 unspecified atom stereocenters. The Hall–Kier alpha value is -3.61. The minimum Gasteiger partial charge on any atom is -0.266 e. The maximum Gasteiger partial charge on any atom is 0.433 e. The maximum absolute atomic E-state index is 14.0. The van der Waals surface area contributed by atoms with Crippen molar-refractivity contribution in [2.24, 2.45) is 4.99 Å². The van der Waals surface area contributed by atoms with Gasteiger partial charge >= 0.3 is 6.18 Å². The molecule has 1 fully saturated rings. The Kier molecular flexibility index (Phi) is 6.58. The Morgan fingerprint density at radius 3 is 2.39 bits per heavy atom. The summed E-state index contributed by atoms with van der Waals surface area (Å²) in [6.07, 6.45) is -4.83. The molecule has 0 N–H and O–H groups in total. The number of amides is 2. The average Bonchev–Trinajstić information content (AvgIpc) is 3.32. The standard InChI is InChI=1S/C25H17BrClF3N6O2/c1-13-20(24(38)36(34(13)2)16-6-4-3-5-7-16)32-23(37)21-19(27)22-31-17(14-8-10-15(26)11-9-14)12-18(25(28,29)30)35(22)33-21/h3-13H,1-2H3. The first kappa shape index (κ1) is 26.0. The van der Waals surface area contributed by atoms with E-state index in [0.717, 1.165) is 10.5 Å². The largest absolute Gasteiger partial charge is 0.433 e. The molecule has 1 atom stereocenters. The van der Waals surface area contributed by atoms with Gasteiger partial charge in [-0.2, -0.15) is 18.3 Å². The lowest BCUT2D eigenvalue weighted by Crippen LogP contribution is -2.38. The molecule has 8 nitrogen and oxygen atoms in total. The zero-order chi connectivity index (χ0) is 27.4. The highest BCUT2D eigenvalue weighted by Crippen LogP contribution is 2.35. The van der Waals surface area contributed by atoms with E-state index in [1.165, 1.54) is 5.01 Å². The lowest BCUT2D eigenvalue weighted by atomic mass is 10.1. The Morgan fingerprint density at radius 1 is 1.11 bits per heavy atom. The average molecular weight is 606 g/mol. The first-order valence-corrected chi connectivity index (χ1v) is 12.3. The summed E-state index contributed by atoms with van der Waals surface area (Å²) in [6.45, 7) is 1.67. The van der Waals surface area contributed by atoms with Crippen LogP contribution in [0.5, 0.6) is 0 Å². The summed E-state index contributed by atoms with van der Waals surface area (Å²) in [4.78, 5) is 34.5. The zero-order valence-electron chi connectivity index (χ0n) is 19.7. The van der Waals surface area contributed by atoms with Gasteiger partial charge in [0.2, 0.25) is 0 Å². The number of anilines is 1. The van der Waals surface area contributed by atoms with Gasteiger partial charge in [-0.05, 0) is 37.3 Å². The van der Waals surface area contributed by atoms with Gasteiger partial charge in [0.25, 0.3) is 11.8 Å². The molecule has 0 saturated carbocycles. The SMILES string of the molecule is CC1C(=NC(=O)c2nn3c(C(F)(F)F)cc(-c4ccc(Br)cc4)nc3c2Cl)C(=O)N(c2ccccc2)N1C. The van der Waals surface area contributed by atoms with Crippen molar-refractivity contribution in [2.75, 3.05) is 12.1 Å².